The predicted octanol–water partition coefficient (Wildman–Crippen LogP) is 3.32. The molecule has 0 spiro atoms. The number of thioether (sulfide) groups is 1. The minimum absolute atomic E-state index is 0.0305. The van der Waals surface area contributed by atoms with Gasteiger partial charge in [0.15, 0.2) is 0 Å². The van der Waals surface area contributed by atoms with Gasteiger partial charge >= 0.3 is 12.1 Å². The fraction of sp³-hybridized carbons (Fsp3) is 0.407. The van der Waals surface area contributed by atoms with Crippen molar-refractivity contribution in [2.75, 3.05) is 12.4 Å². The summed E-state index contributed by atoms with van der Waals surface area (Å²) in [7, 11) is 0. The Hall–Kier alpha value is -3.95. The Kier molecular flexibility index (Phi) is 8.25. The van der Waals surface area contributed by atoms with E-state index in [0.717, 1.165) is 20.5 Å². The number of non-ortho nitro benzene ring substituents is 1. The predicted molar refractivity (Wildman–Crippen MR) is 151 cm³/mol. The Labute approximate surface area is 248 Å². The fourth-order valence-corrected chi connectivity index (χ4v) is 7.80. The zero-order valence-electron chi connectivity index (χ0n) is 23.0. The van der Waals surface area contributed by atoms with Crippen LogP contribution in [0.4, 0.5) is 10.5 Å². The van der Waals surface area contributed by atoms with Crippen LogP contribution in [0.15, 0.2) is 47.5 Å². The summed E-state index contributed by atoms with van der Waals surface area (Å²) in [4.78, 5) is 50.3. The van der Waals surface area contributed by atoms with E-state index in [9.17, 15) is 34.7 Å². The van der Waals surface area contributed by atoms with Crippen molar-refractivity contribution in [1.29, 1.82) is 0 Å². The maximum Gasteiger partial charge on any atom is 0.508 e. The molecule has 222 valence electrons. The maximum atomic E-state index is 12.7. The molecule has 1 saturated heterocycles. The second-order valence-electron chi connectivity index (χ2n) is 9.99. The molecule has 15 heteroatoms. The highest BCUT2D eigenvalue weighted by atomic mass is 32.2. The van der Waals surface area contributed by atoms with Crippen LogP contribution in [-0.4, -0.2) is 67.0 Å². The molecule has 4 heterocycles. The highest BCUT2D eigenvalue weighted by Crippen LogP contribution is 2.51. The molecule has 2 aliphatic rings. The molecule has 1 amide bonds. The first-order chi connectivity index (χ1) is 20.0. The van der Waals surface area contributed by atoms with Crippen LogP contribution < -0.4 is 4.57 Å². The molecule has 42 heavy (non-hydrogen) atoms. The zero-order valence-corrected chi connectivity index (χ0v) is 24.6. The lowest BCUT2D eigenvalue weighted by molar-refractivity contribution is -0.730. The van der Waals surface area contributed by atoms with Crippen LogP contribution >= 0.6 is 23.1 Å². The van der Waals surface area contributed by atoms with E-state index in [1.54, 1.807) is 18.7 Å². The molecule has 0 aliphatic carbocycles. The van der Waals surface area contributed by atoms with Crippen LogP contribution in [-0.2, 0) is 32.2 Å². The van der Waals surface area contributed by atoms with Crippen LogP contribution in [0.25, 0.3) is 10.4 Å². The highest BCUT2D eigenvalue weighted by molar-refractivity contribution is 7.99. The first kappa shape index (κ1) is 29.5. The van der Waals surface area contributed by atoms with Crippen molar-refractivity contribution < 1.29 is 43.6 Å². The Morgan fingerprint density at radius 1 is 1.26 bits per heavy atom. The summed E-state index contributed by atoms with van der Waals surface area (Å²) in [6.07, 6.45) is 1.96. The molecule has 3 aromatic rings. The minimum atomic E-state index is -1.18. The number of aromatic nitrogens is 2. The summed E-state index contributed by atoms with van der Waals surface area (Å²) < 4.78 is 14.2. The van der Waals surface area contributed by atoms with Crippen molar-refractivity contribution >= 4 is 57.2 Å². The van der Waals surface area contributed by atoms with Crippen LogP contribution in [0, 0.1) is 22.0 Å². The Morgan fingerprint density at radius 2 is 1.98 bits per heavy atom. The van der Waals surface area contributed by atoms with Crippen LogP contribution in [0.2, 0.25) is 0 Å². The number of carbonyl (C=O) groups excluding carboxylic acids is 2. The number of rotatable bonds is 11. The number of amides is 1. The van der Waals surface area contributed by atoms with E-state index >= 15 is 0 Å². The number of benzene rings is 1. The molecule has 2 N–H and O–H groups in total. The third-order valence-electron chi connectivity index (χ3n) is 7.38. The third kappa shape index (κ3) is 5.23. The molecular weight excluding hydrogens is 588 g/mol. The molecule has 5 rings (SSSR count). The lowest BCUT2D eigenvalue weighted by Crippen LogP contribution is -2.63. The molecule has 1 fully saturated rings. The van der Waals surface area contributed by atoms with E-state index in [0.29, 0.717) is 17.7 Å². The summed E-state index contributed by atoms with van der Waals surface area (Å²) in [5, 5.41) is 31.8. The van der Waals surface area contributed by atoms with Gasteiger partial charge in [0.2, 0.25) is 15.8 Å². The van der Waals surface area contributed by atoms with Crippen molar-refractivity contribution in [3.05, 3.63) is 63.0 Å². The quantitative estimate of drug-likeness (QED) is 0.0814. The molecule has 0 radical (unpaired) electrons. The van der Waals surface area contributed by atoms with Gasteiger partial charge in [0.1, 0.15) is 31.7 Å². The standard InChI is InChI=1S/C27H28N4O9S2/c1-4-41-24-25-29(13-28(24)9-10-39-27(36)40-12-16-5-7-17(8-6-16)31(37)38)11-18(42-25)19-14(2)21-20(15(3)32)23(33)30(21)22(19)26(34)35/h5-8,11,13-15,20-21,32H,4,9-10,12H2,1-3H3/p+1/t14-,15+,20+,21+/m0/s1. The summed E-state index contributed by atoms with van der Waals surface area (Å²) in [5.41, 5.74) is 1.08. The summed E-state index contributed by atoms with van der Waals surface area (Å²) in [5.74, 6) is -1.68. The van der Waals surface area contributed by atoms with E-state index in [2.05, 4.69) is 0 Å². The topological polar surface area (TPSA) is 165 Å². The largest absolute Gasteiger partial charge is 0.508 e. The molecule has 0 unspecified atom stereocenters. The van der Waals surface area contributed by atoms with E-state index in [1.165, 1.54) is 40.5 Å². The molecule has 0 bridgehead atoms. The normalized spacial score (nSPS) is 20.4. The molecule has 2 aliphatic heterocycles. The monoisotopic (exact) mass is 617 g/mol. The van der Waals surface area contributed by atoms with Gasteiger partial charge in [-0.2, -0.15) is 4.40 Å². The molecule has 1 aromatic carbocycles. The van der Waals surface area contributed by atoms with E-state index in [1.807, 2.05) is 35.3 Å². The van der Waals surface area contributed by atoms with Gasteiger partial charge in [0, 0.05) is 23.6 Å². The summed E-state index contributed by atoms with van der Waals surface area (Å²) in [6, 6.07) is 5.28. The van der Waals surface area contributed by atoms with Crippen molar-refractivity contribution in [3.8, 4) is 0 Å². The number of fused-ring (bicyclic) bond motifs is 2. The number of hydrogen-bond acceptors (Lipinski definition) is 10. The molecular formula is C27H29N4O9S2+. The Balaban J connectivity index is 1.28. The Bertz CT molecular complexity index is 1590. The summed E-state index contributed by atoms with van der Waals surface area (Å²) >= 11 is 3.02. The van der Waals surface area contributed by atoms with Gasteiger partial charge in [-0.1, -0.05) is 36.9 Å². The zero-order chi connectivity index (χ0) is 30.3. The number of nitrogens with zero attached hydrogens (tertiary/aromatic N) is 4. The molecule has 4 atom stereocenters. The lowest BCUT2D eigenvalue weighted by Gasteiger charge is -2.46. The van der Waals surface area contributed by atoms with Crippen molar-refractivity contribution in [3.63, 3.8) is 0 Å². The molecule has 13 nitrogen and oxygen atoms in total. The van der Waals surface area contributed by atoms with Crippen LogP contribution in [0.1, 0.15) is 31.2 Å². The van der Waals surface area contributed by atoms with E-state index < -0.39 is 35.1 Å². The average Bonchev–Trinajstić information content (AvgIpc) is 3.56. The number of β-lactam (4-membered cyclic amide) rings is 1. The van der Waals surface area contributed by atoms with Gasteiger partial charge in [0.25, 0.3) is 12.0 Å². The van der Waals surface area contributed by atoms with Gasteiger partial charge in [0.05, 0.1) is 27.9 Å². The number of aliphatic hydroxyl groups excluding tert-OH is 1. The van der Waals surface area contributed by atoms with Crippen LogP contribution in [0.5, 0.6) is 0 Å². The van der Waals surface area contributed by atoms with Gasteiger partial charge in [-0.05, 0) is 30.4 Å². The van der Waals surface area contributed by atoms with E-state index in [-0.39, 0.29) is 36.4 Å². The number of thiazole rings is 1. The number of aliphatic carboxylic acids is 1. The van der Waals surface area contributed by atoms with Crippen LogP contribution in [0.3, 0.4) is 0 Å². The number of nitro groups is 1. The first-order valence-corrected chi connectivity index (χ1v) is 15.0. The average molecular weight is 618 g/mol. The highest BCUT2D eigenvalue weighted by Gasteiger charge is 2.60. The lowest BCUT2D eigenvalue weighted by atomic mass is 9.77. The number of hydrogen-bond donors (Lipinski definition) is 2. The van der Waals surface area contributed by atoms with Crippen molar-refractivity contribution in [2.24, 2.45) is 11.8 Å². The second-order valence-corrected chi connectivity index (χ2v) is 12.3. The van der Waals surface area contributed by atoms with E-state index in [4.69, 9.17) is 9.47 Å². The number of carbonyl (C=O) groups is 3. The number of imidazole rings is 1. The summed E-state index contributed by atoms with van der Waals surface area (Å²) in [6.45, 7) is 5.75. The number of carboxylic acids is 1. The van der Waals surface area contributed by atoms with Crippen molar-refractivity contribution in [2.45, 2.75) is 51.1 Å². The van der Waals surface area contributed by atoms with Gasteiger partial charge in [-0.25, -0.2) is 14.2 Å². The number of ether oxygens (including phenoxy) is 2. The van der Waals surface area contributed by atoms with Gasteiger partial charge < -0.3 is 24.6 Å². The van der Waals surface area contributed by atoms with Gasteiger partial charge in [-0.3, -0.25) is 14.9 Å². The molecule has 0 saturated carbocycles. The number of nitro benzene ring substituents is 1. The second kappa shape index (κ2) is 11.7. The number of aliphatic hydroxyl groups is 1. The minimum Gasteiger partial charge on any atom is -0.477 e. The van der Waals surface area contributed by atoms with Gasteiger partial charge in [-0.15, -0.1) is 0 Å². The number of carboxylic acid groups (broad SMARTS) is 1. The third-order valence-corrected chi connectivity index (χ3v) is 9.64. The Morgan fingerprint density at radius 3 is 2.60 bits per heavy atom. The smallest absolute Gasteiger partial charge is 0.477 e. The first-order valence-electron chi connectivity index (χ1n) is 13.2. The fourth-order valence-electron chi connectivity index (χ4n) is 5.52. The molecule has 2 aromatic heterocycles. The maximum absolute atomic E-state index is 12.7. The SMILES string of the molecule is CCSc1c2sc(C3=C(C(=O)O)N4C(=O)[C@H]([C@@H](C)O)[C@H]4[C@H]3C)cn2c[n+]1CCOC(=O)OCc1ccc([N+](=O)[O-])cc1. The van der Waals surface area contributed by atoms with Crippen molar-refractivity contribution in [1.82, 2.24) is 9.30 Å².